The highest BCUT2D eigenvalue weighted by Gasteiger charge is 2.12. The molecule has 0 saturated carbocycles. The van der Waals surface area contributed by atoms with Crippen molar-refractivity contribution in [1.29, 1.82) is 0 Å². The molecule has 4 aromatic rings. The zero-order valence-electron chi connectivity index (χ0n) is 15.1. The van der Waals surface area contributed by atoms with Crippen LogP contribution in [0.25, 0.3) is 22.3 Å². The zero-order chi connectivity index (χ0) is 20.4. The number of halogens is 2. The maximum absolute atomic E-state index is 6.08. The third-order valence-electron chi connectivity index (χ3n) is 4.46. The summed E-state index contributed by atoms with van der Waals surface area (Å²) in [6.45, 7) is 0. The topological polar surface area (TPSA) is 0 Å². The molecular weight excluding hydrogens is 455 g/mol. The molecule has 0 N–H and O–H groups in total. The van der Waals surface area contributed by atoms with Gasteiger partial charge in [-0.15, -0.1) is 25.3 Å². The average molecular weight is 471 g/mol. The Labute approximate surface area is 196 Å². The van der Waals surface area contributed by atoms with E-state index in [1.165, 1.54) is 0 Å². The molecule has 4 rings (SSSR count). The van der Waals surface area contributed by atoms with E-state index in [-0.39, 0.29) is 0 Å². The van der Waals surface area contributed by atoms with Crippen molar-refractivity contribution in [3.63, 3.8) is 0 Å². The first-order valence-corrected chi connectivity index (χ1v) is 11.3. The highest BCUT2D eigenvalue weighted by atomic mass is 35.5. The monoisotopic (exact) mass is 470 g/mol. The van der Waals surface area contributed by atoms with E-state index >= 15 is 0 Å². The van der Waals surface area contributed by atoms with Crippen molar-refractivity contribution in [2.75, 3.05) is 0 Å². The minimum absolute atomic E-state index is 0.722. The summed E-state index contributed by atoms with van der Waals surface area (Å²) in [7, 11) is 0. The predicted molar refractivity (Wildman–Crippen MR) is 132 cm³/mol. The molecule has 0 atom stereocenters. The van der Waals surface area contributed by atoms with Gasteiger partial charge in [0.1, 0.15) is 0 Å². The molecule has 0 bridgehead atoms. The summed E-state index contributed by atoms with van der Waals surface area (Å²) < 4.78 is 0. The summed E-state index contributed by atoms with van der Waals surface area (Å²) in [5, 5.41) is 1.44. The van der Waals surface area contributed by atoms with E-state index in [0.717, 1.165) is 51.9 Å². The molecule has 0 aromatic heterocycles. The van der Waals surface area contributed by atoms with Crippen molar-refractivity contribution in [2.45, 2.75) is 19.6 Å². The van der Waals surface area contributed by atoms with E-state index in [1.807, 2.05) is 60.7 Å². The van der Waals surface area contributed by atoms with Crippen LogP contribution >= 0.6 is 60.2 Å². The lowest BCUT2D eigenvalue weighted by Crippen LogP contribution is -1.87. The van der Waals surface area contributed by atoms with Gasteiger partial charge in [-0.1, -0.05) is 59.2 Å². The molecule has 0 heterocycles. The van der Waals surface area contributed by atoms with Crippen LogP contribution in [-0.2, 0) is 0 Å². The average Bonchev–Trinajstić information content (AvgIpc) is 2.72. The molecular formula is C24H16Cl2S3. The van der Waals surface area contributed by atoms with Crippen molar-refractivity contribution >= 4 is 60.2 Å². The Balaban J connectivity index is 1.79. The molecule has 0 aliphatic carbocycles. The fourth-order valence-corrected chi connectivity index (χ4v) is 4.78. The lowest BCUT2D eigenvalue weighted by Gasteiger charge is -2.14. The van der Waals surface area contributed by atoms with Crippen LogP contribution < -0.4 is 0 Å². The van der Waals surface area contributed by atoms with Crippen molar-refractivity contribution in [2.24, 2.45) is 0 Å². The third-order valence-corrected chi connectivity index (χ3v) is 6.67. The second-order valence-electron chi connectivity index (χ2n) is 6.48. The van der Waals surface area contributed by atoms with Crippen molar-refractivity contribution in [3.8, 4) is 22.3 Å². The summed E-state index contributed by atoms with van der Waals surface area (Å²) >= 11 is 23.0. The van der Waals surface area contributed by atoms with Crippen LogP contribution in [0.4, 0.5) is 0 Å². The summed E-state index contributed by atoms with van der Waals surface area (Å²) in [5.41, 5.74) is 4.45. The molecule has 0 fully saturated rings. The summed E-state index contributed by atoms with van der Waals surface area (Å²) in [4.78, 5) is 4.13. The van der Waals surface area contributed by atoms with Crippen LogP contribution in [-0.4, -0.2) is 0 Å². The van der Waals surface area contributed by atoms with E-state index < -0.39 is 0 Å². The first kappa shape index (κ1) is 20.8. The highest BCUT2D eigenvalue weighted by molar-refractivity contribution is 7.99. The molecule has 29 heavy (non-hydrogen) atoms. The van der Waals surface area contributed by atoms with Gasteiger partial charge >= 0.3 is 0 Å². The molecule has 0 radical (unpaired) electrons. The molecule has 0 aliphatic heterocycles. The Kier molecular flexibility index (Phi) is 6.53. The molecule has 0 aliphatic rings. The van der Waals surface area contributed by atoms with E-state index in [0.29, 0.717) is 0 Å². The maximum atomic E-state index is 6.08. The molecule has 5 heteroatoms. The predicted octanol–water partition coefficient (Wildman–Crippen LogP) is 9.06. The van der Waals surface area contributed by atoms with Gasteiger partial charge in [0.15, 0.2) is 0 Å². The lowest BCUT2D eigenvalue weighted by molar-refractivity contribution is 1.32. The van der Waals surface area contributed by atoms with E-state index in [4.69, 9.17) is 23.2 Å². The number of benzene rings is 4. The summed E-state index contributed by atoms with van der Waals surface area (Å²) in [6.07, 6.45) is 0. The summed E-state index contributed by atoms with van der Waals surface area (Å²) in [5.74, 6) is 0. The Bertz CT molecular complexity index is 1060. The second kappa shape index (κ2) is 9.11. The normalized spacial score (nSPS) is 10.9. The molecule has 0 spiro atoms. The molecule has 0 amide bonds. The number of hydrogen-bond donors (Lipinski definition) is 2. The van der Waals surface area contributed by atoms with Gasteiger partial charge in [0, 0.05) is 29.6 Å². The fraction of sp³-hybridized carbons (Fsp3) is 0. The number of hydrogen-bond acceptors (Lipinski definition) is 3. The second-order valence-corrected chi connectivity index (χ2v) is 9.47. The van der Waals surface area contributed by atoms with Crippen molar-refractivity contribution in [3.05, 3.63) is 95.0 Å². The quantitative estimate of drug-likeness (QED) is 0.280. The largest absolute Gasteiger partial charge is 0.143 e. The van der Waals surface area contributed by atoms with E-state index in [1.54, 1.807) is 11.8 Å². The maximum Gasteiger partial charge on any atom is 0.0406 e. The Hall–Kier alpha value is -1.49. The number of thiol groups is 2. The standard InChI is InChI=1S/C24H16Cl2S3/c25-17-5-1-15(2-6-17)21-13-19(27)9-11-23(21)29-24-12-10-20(28)14-22(24)16-3-7-18(26)8-4-16/h1-14,27-28H. The van der Waals surface area contributed by atoms with E-state index in [9.17, 15) is 0 Å². The molecule has 4 aromatic carbocycles. The van der Waals surface area contributed by atoms with Crippen molar-refractivity contribution in [1.82, 2.24) is 0 Å². The van der Waals surface area contributed by atoms with Crippen LogP contribution in [0, 0.1) is 0 Å². The van der Waals surface area contributed by atoms with Crippen molar-refractivity contribution < 1.29 is 0 Å². The minimum atomic E-state index is 0.722. The van der Waals surface area contributed by atoms with E-state index in [2.05, 4.69) is 49.5 Å². The van der Waals surface area contributed by atoms with Crippen LogP contribution in [0.2, 0.25) is 10.0 Å². The zero-order valence-corrected chi connectivity index (χ0v) is 19.3. The SMILES string of the molecule is Sc1ccc(Sc2ccc(S)cc2-c2ccc(Cl)cc2)c(-c2ccc(Cl)cc2)c1. The van der Waals surface area contributed by atoms with Crippen LogP contribution in [0.1, 0.15) is 0 Å². The van der Waals surface area contributed by atoms with Gasteiger partial charge in [0.25, 0.3) is 0 Å². The molecule has 0 unspecified atom stereocenters. The first-order chi connectivity index (χ1) is 14.0. The highest BCUT2D eigenvalue weighted by Crippen LogP contribution is 2.42. The van der Waals surface area contributed by atoms with Crippen LogP contribution in [0.5, 0.6) is 0 Å². The third kappa shape index (κ3) is 4.99. The Morgan fingerprint density at radius 3 is 1.28 bits per heavy atom. The number of rotatable bonds is 4. The smallest absolute Gasteiger partial charge is 0.0406 e. The Morgan fingerprint density at radius 2 is 0.897 bits per heavy atom. The summed E-state index contributed by atoms with van der Waals surface area (Å²) in [6, 6.07) is 28.2. The first-order valence-electron chi connectivity index (χ1n) is 8.85. The fourth-order valence-electron chi connectivity index (χ4n) is 3.04. The van der Waals surface area contributed by atoms with Gasteiger partial charge < -0.3 is 0 Å². The van der Waals surface area contributed by atoms with Gasteiger partial charge in [-0.2, -0.15) is 0 Å². The minimum Gasteiger partial charge on any atom is -0.143 e. The van der Waals surface area contributed by atoms with Gasteiger partial charge in [0.2, 0.25) is 0 Å². The van der Waals surface area contributed by atoms with Crippen LogP contribution in [0.3, 0.4) is 0 Å². The van der Waals surface area contributed by atoms with Gasteiger partial charge in [-0.3, -0.25) is 0 Å². The van der Waals surface area contributed by atoms with Gasteiger partial charge in [0.05, 0.1) is 0 Å². The Morgan fingerprint density at radius 1 is 0.517 bits per heavy atom. The van der Waals surface area contributed by atoms with Crippen LogP contribution in [0.15, 0.2) is 105 Å². The molecule has 0 saturated heterocycles. The molecule has 0 nitrogen and oxygen atoms in total. The van der Waals surface area contributed by atoms with Gasteiger partial charge in [-0.05, 0) is 82.9 Å². The molecule has 144 valence electrons. The van der Waals surface area contributed by atoms with Gasteiger partial charge in [-0.25, -0.2) is 0 Å². The lowest BCUT2D eigenvalue weighted by atomic mass is 10.1.